The minimum absolute atomic E-state index is 0.0687. The zero-order valence-corrected chi connectivity index (χ0v) is 50.0. The first-order chi connectivity index (χ1) is 39.7. The van der Waals surface area contributed by atoms with Gasteiger partial charge in [0.05, 0.1) is 15.7 Å². The second kappa shape index (κ2) is 17.0. The maximum Gasteiger partial charge on any atom is 0.270 e. The SMILES string of the molecule is CC(C)(C)c1cc(-n2c3ccc(C(C)(C)C)cc3c3c4c(oc5ccccc54)c4c(c32)Oc2cc(-c3ccccc3-c3ccccc3)cc3c2B4c2c(c4sc5ccc(C(C)(C)C)cc5c4c4c2oc2ccccc24)O3)cc(C(C)(C)C)c1. The molecule has 16 rings (SSSR count). The summed E-state index contributed by atoms with van der Waals surface area (Å²) in [7, 11) is 0. The Morgan fingerprint density at radius 1 is 0.398 bits per heavy atom. The van der Waals surface area contributed by atoms with E-state index in [0.717, 1.165) is 143 Å². The predicted molar refractivity (Wildman–Crippen MR) is 352 cm³/mol. The van der Waals surface area contributed by atoms with Gasteiger partial charge in [-0.2, -0.15) is 0 Å². The lowest BCUT2D eigenvalue weighted by molar-refractivity contribution is 0.469. The van der Waals surface area contributed by atoms with Crippen molar-refractivity contribution in [2.45, 2.75) is 105 Å². The lowest BCUT2D eigenvalue weighted by Crippen LogP contribution is -2.58. The van der Waals surface area contributed by atoms with Gasteiger partial charge in [0.15, 0.2) is 5.75 Å². The number of benzene rings is 10. The quantitative estimate of drug-likeness (QED) is 0.165. The summed E-state index contributed by atoms with van der Waals surface area (Å²) < 4.78 is 35.6. The van der Waals surface area contributed by atoms with Crippen LogP contribution in [0.3, 0.4) is 0 Å². The first kappa shape index (κ1) is 50.2. The van der Waals surface area contributed by atoms with Crippen LogP contribution in [0, 0.1) is 0 Å². The monoisotopic (exact) mass is 1100 g/mol. The van der Waals surface area contributed by atoms with E-state index >= 15 is 0 Å². The summed E-state index contributed by atoms with van der Waals surface area (Å²) in [6.45, 7) is 27.3. The van der Waals surface area contributed by atoms with Crippen molar-refractivity contribution in [2.75, 3.05) is 0 Å². The standard InChI is InChI=1S/C76H64BNO4S/c1-73(2,3)43-30-32-54-52(39-43)60-61-50-26-18-20-28-55(50)79-68(61)65-70(67(60)78(54)47-37-45(75(7,8)9)36-46(38-47)76(10,11)12)81-57-34-42(49-25-17-16-24-48(49)41-22-14-13-15-23-41)35-58-64(57)77(65)66-69-62(51-27-19-21-29-56(51)80-69)63-53-40-44(74(4,5)6)31-33-59(53)83-72(63)71(66)82-58/h13-40H,1-12H3. The summed E-state index contributed by atoms with van der Waals surface area (Å²) in [6, 6.07) is 62.5. The molecule has 0 radical (unpaired) electrons. The Kier molecular flexibility index (Phi) is 10.3. The van der Waals surface area contributed by atoms with Crippen molar-refractivity contribution >= 4 is 120 Å². The minimum Gasteiger partial charge on any atom is -0.457 e. The molecule has 83 heavy (non-hydrogen) atoms. The van der Waals surface area contributed by atoms with Crippen LogP contribution >= 0.6 is 11.3 Å². The molecular weight excluding hydrogens is 1030 g/mol. The summed E-state index contributed by atoms with van der Waals surface area (Å²) in [5, 5.41) is 8.93. The molecule has 0 amide bonds. The van der Waals surface area contributed by atoms with Crippen LogP contribution < -0.4 is 25.9 Å². The van der Waals surface area contributed by atoms with Crippen molar-refractivity contribution in [3.63, 3.8) is 0 Å². The van der Waals surface area contributed by atoms with Gasteiger partial charge in [0.2, 0.25) is 0 Å². The fraction of sp³-hybridized carbons (Fsp3) is 0.211. The van der Waals surface area contributed by atoms with Crippen molar-refractivity contribution in [2.24, 2.45) is 0 Å². The van der Waals surface area contributed by atoms with Gasteiger partial charge >= 0.3 is 0 Å². The molecule has 6 heterocycles. The number of thiophene rings is 1. The first-order valence-electron chi connectivity index (χ1n) is 29.3. The number of fused-ring (bicyclic) bond motifs is 22. The Bertz CT molecular complexity index is 5100. The first-order valence-corrected chi connectivity index (χ1v) is 30.2. The Balaban J connectivity index is 1.13. The van der Waals surface area contributed by atoms with E-state index in [9.17, 15) is 0 Å². The van der Waals surface area contributed by atoms with Gasteiger partial charge in [-0.1, -0.05) is 192 Å². The van der Waals surface area contributed by atoms with Crippen LogP contribution in [0.5, 0.6) is 23.0 Å². The number of aromatic nitrogens is 1. The van der Waals surface area contributed by atoms with E-state index in [1.54, 1.807) is 0 Å². The topological polar surface area (TPSA) is 49.7 Å². The average molecular weight is 1100 g/mol. The smallest absolute Gasteiger partial charge is 0.270 e. The summed E-state index contributed by atoms with van der Waals surface area (Å²) >= 11 is 1.81. The number of rotatable bonds is 3. The van der Waals surface area contributed by atoms with Crippen molar-refractivity contribution in [1.29, 1.82) is 0 Å². The van der Waals surface area contributed by atoms with Crippen LogP contribution in [0.25, 0.3) is 114 Å². The van der Waals surface area contributed by atoms with Gasteiger partial charge in [-0.25, -0.2) is 0 Å². The van der Waals surface area contributed by atoms with Crippen LogP contribution in [-0.4, -0.2) is 11.3 Å². The predicted octanol–water partition coefficient (Wildman–Crippen LogP) is 20.2. The van der Waals surface area contributed by atoms with Crippen molar-refractivity contribution in [3.05, 3.63) is 192 Å². The highest BCUT2D eigenvalue weighted by Gasteiger charge is 2.48. The van der Waals surface area contributed by atoms with E-state index in [0.29, 0.717) is 0 Å². The van der Waals surface area contributed by atoms with Gasteiger partial charge in [-0.05, 0) is 127 Å². The summed E-state index contributed by atoms with van der Waals surface area (Å²) in [6.07, 6.45) is 0. The average Bonchev–Trinajstić information content (AvgIpc) is 1.75. The van der Waals surface area contributed by atoms with Gasteiger partial charge in [0.1, 0.15) is 39.6 Å². The highest BCUT2D eigenvalue weighted by Crippen LogP contribution is 2.54. The Morgan fingerprint density at radius 3 is 1.51 bits per heavy atom. The molecule has 0 bridgehead atoms. The molecule has 0 N–H and O–H groups in total. The highest BCUT2D eigenvalue weighted by molar-refractivity contribution is 7.26. The lowest BCUT2D eigenvalue weighted by Gasteiger charge is -2.34. The molecule has 406 valence electrons. The molecule has 7 heteroatoms. The van der Waals surface area contributed by atoms with Crippen molar-refractivity contribution in [1.82, 2.24) is 4.57 Å². The van der Waals surface area contributed by atoms with Gasteiger partial charge in [-0.3, -0.25) is 0 Å². The fourth-order valence-electron chi connectivity index (χ4n) is 13.7. The van der Waals surface area contributed by atoms with Gasteiger partial charge in [0, 0.05) is 69.9 Å². The Labute approximate surface area is 488 Å². The molecular formula is C76H64BNO4S. The number of furan rings is 2. The number of hydrogen-bond acceptors (Lipinski definition) is 5. The number of nitrogens with zero attached hydrogens (tertiary/aromatic N) is 1. The molecule has 5 nitrogen and oxygen atoms in total. The summed E-state index contributed by atoms with van der Waals surface area (Å²) in [5.41, 5.74) is 18.3. The third-order valence-corrected chi connectivity index (χ3v) is 19.3. The lowest BCUT2D eigenvalue weighted by atomic mass is 9.34. The third kappa shape index (κ3) is 7.32. The number of ether oxygens (including phenoxy) is 2. The van der Waals surface area contributed by atoms with E-state index in [4.69, 9.17) is 18.3 Å². The largest absolute Gasteiger partial charge is 0.457 e. The molecule has 10 aromatic carbocycles. The fourth-order valence-corrected chi connectivity index (χ4v) is 14.9. The normalized spacial score (nSPS) is 13.7. The van der Waals surface area contributed by atoms with Gasteiger partial charge in [-0.15, -0.1) is 11.3 Å². The van der Waals surface area contributed by atoms with E-state index in [1.807, 2.05) is 11.3 Å². The van der Waals surface area contributed by atoms with E-state index < -0.39 is 6.71 Å². The van der Waals surface area contributed by atoms with Gasteiger partial charge in [0.25, 0.3) is 6.71 Å². The molecule has 0 aliphatic carbocycles. The Hall–Kier alpha value is -8.52. The molecule has 0 spiro atoms. The van der Waals surface area contributed by atoms with Crippen LogP contribution in [-0.2, 0) is 21.7 Å². The summed E-state index contributed by atoms with van der Waals surface area (Å²) in [4.78, 5) is 0. The molecule has 0 atom stereocenters. The van der Waals surface area contributed by atoms with E-state index in [1.165, 1.54) is 32.3 Å². The zero-order valence-electron chi connectivity index (χ0n) is 49.2. The zero-order chi connectivity index (χ0) is 57.0. The van der Waals surface area contributed by atoms with Gasteiger partial charge < -0.3 is 22.9 Å². The van der Waals surface area contributed by atoms with Crippen molar-refractivity contribution in [3.8, 4) is 50.9 Å². The van der Waals surface area contributed by atoms with Crippen LogP contribution in [0.15, 0.2) is 179 Å². The summed E-state index contributed by atoms with van der Waals surface area (Å²) in [5.74, 6) is 3.06. The number of para-hydroxylation sites is 2. The molecule has 4 aromatic heterocycles. The van der Waals surface area contributed by atoms with Crippen molar-refractivity contribution < 1.29 is 18.3 Å². The molecule has 14 aromatic rings. The maximum absolute atomic E-state index is 8.01. The second-order valence-corrected chi connectivity index (χ2v) is 28.7. The molecule has 0 saturated carbocycles. The molecule has 2 aliphatic rings. The Morgan fingerprint density at radius 2 is 0.904 bits per heavy atom. The third-order valence-electron chi connectivity index (χ3n) is 18.1. The highest BCUT2D eigenvalue weighted by atomic mass is 32.1. The molecule has 0 fully saturated rings. The number of hydrogen-bond donors (Lipinski definition) is 0. The molecule has 2 aliphatic heterocycles. The van der Waals surface area contributed by atoms with E-state index in [-0.39, 0.29) is 21.7 Å². The molecule has 0 unspecified atom stereocenters. The minimum atomic E-state index is -0.469. The maximum atomic E-state index is 8.01. The van der Waals surface area contributed by atoms with Crippen LogP contribution in [0.2, 0.25) is 0 Å². The molecule has 0 saturated heterocycles. The second-order valence-electron chi connectivity index (χ2n) is 27.6. The van der Waals surface area contributed by atoms with Crippen LogP contribution in [0.4, 0.5) is 0 Å². The van der Waals surface area contributed by atoms with Crippen LogP contribution in [0.1, 0.15) is 105 Å². The van der Waals surface area contributed by atoms with E-state index in [2.05, 4.69) is 258 Å².